The van der Waals surface area contributed by atoms with Gasteiger partial charge in [0.15, 0.2) is 0 Å². The minimum atomic E-state index is 0.237. The van der Waals surface area contributed by atoms with Gasteiger partial charge in [0.25, 0.3) is 0 Å². The molecule has 2 heterocycles. The molecule has 4 heteroatoms. The second kappa shape index (κ2) is 7.97. The number of nitrogens with zero attached hydrogens (tertiary/aromatic N) is 3. The molecule has 0 bridgehead atoms. The predicted molar refractivity (Wildman–Crippen MR) is 97.6 cm³/mol. The van der Waals surface area contributed by atoms with Crippen LogP contribution in [0.15, 0.2) is 54.9 Å². The first-order valence-electron chi connectivity index (χ1n) is 8.53. The molecule has 1 aromatic carbocycles. The largest absolute Gasteiger partial charge is 0.357 e. The molecule has 0 radical (unpaired) electrons. The molecule has 1 fully saturated rings. The van der Waals surface area contributed by atoms with Crippen molar-refractivity contribution in [2.45, 2.75) is 6.42 Å². The number of aryl methyl sites for hydroxylation is 1. The number of carbonyl (C=O) groups excluding carboxylic acids is 1. The van der Waals surface area contributed by atoms with Crippen LogP contribution in [0, 0.1) is 0 Å². The van der Waals surface area contributed by atoms with Crippen molar-refractivity contribution >= 4 is 12.0 Å². The third-order valence-corrected chi connectivity index (χ3v) is 4.45. The Bertz CT molecular complexity index is 682. The van der Waals surface area contributed by atoms with Crippen LogP contribution in [0.5, 0.6) is 0 Å². The van der Waals surface area contributed by atoms with Crippen molar-refractivity contribution < 1.29 is 4.79 Å². The molecule has 0 spiro atoms. The van der Waals surface area contributed by atoms with Crippen LogP contribution < -0.4 is 0 Å². The summed E-state index contributed by atoms with van der Waals surface area (Å²) >= 11 is 0. The fraction of sp³-hybridized carbons (Fsp3) is 0.350. The van der Waals surface area contributed by atoms with Crippen molar-refractivity contribution in [2.24, 2.45) is 7.05 Å². The Labute approximate surface area is 144 Å². The van der Waals surface area contributed by atoms with E-state index in [0.717, 1.165) is 38.3 Å². The molecule has 0 N–H and O–H groups in total. The first-order chi connectivity index (χ1) is 11.7. The number of hydrogen-bond acceptors (Lipinski definition) is 2. The summed E-state index contributed by atoms with van der Waals surface area (Å²) in [4.78, 5) is 16.8. The van der Waals surface area contributed by atoms with Crippen LogP contribution in [0.1, 0.15) is 11.1 Å². The summed E-state index contributed by atoms with van der Waals surface area (Å²) in [6.45, 7) is 4.48. The van der Waals surface area contributed by atoms with Gasteiger partial charge in [-0.05, 0) is 17.2 Å². The van der Waals surface area contributed by atoms with Crippen LogP contribution in [0.25, 0.3) is 6.08 Å². The second-order valence-electron chi connectivity index (χ2n) is 6.36. The Morgan fingerprint density at radius 3 is 2.50 bits per heavy atom. The number of aromatic nitrogens is 1. The number of piperazine rings is 1. The second-order valence-corrected chi connectivity index (χ2v) is 6.36. The average Bonchev–Trinajstić information content (AvgIpc) is 3.01. The Kier molecular flexibility index (Phi) is 5.49. The number of hydrogen-bond donors (Lipinski definition) is 0. The molecule has 2 aromatic rings. The molecule has 1 amide bonds. The van der Waals surface area contributed by atoms with E-state index in [2.05, 4.69) is 41.3 Å². The molecule has 1 saturated heterocycles. The summed E-state index contributed by atoms with van der Waals surface area (Å²) in [5.41, 5.74) is 2.32. The van der Waals surface area contributed by atoms with E-state index in [1.165, 1.54) is 5.56 Å². The minimum absolute atomic E-state index is 0.237. The highest BCUT2D eigenvalue weighted by Crippen LogP contribution is 2.08. The van der Waals surface area contributed by atoms with Crippen molar-refractivity contribution in [3.63, 3.8) is 0 Å². The zero-order valence-corrected chi connectivity index (χ0v) is 14.3. The van der Waals surface area contributed by atoms with Gasteiger partial charge in [0, 0.05) is 52.2 Å². The van der Waals surface area contributed by atoms with Gasteiger partial charge in [0.2, 0.25) is 5.91 Å². The van der Waals surface area contributed by atoms with E-state index < -0.39 is 0 Å². The van der Waals surface area contributed by atoms with Crippen molar-refractivity contribution in [3.05, 3.63) is 66.0 Å². The van der Waals surface area contributed by atoms with Gasteiger partial charge in [0.05, 0.1) is 6.42 Å². The first kappa shape index (κ1) is 16.5. The van der Waals surface area contributed by atoms with E-state index in [9.17, 15) is 4.79 Å². The van der Waals surface area contributed by atoms with Crippen molar-refractivity contribution in [1.82, 2.24) is 14.4 Å². The van der Waals surface area contributed by atoms with Gasteiger partial charge in [-0.25, -0.2) is 0 Å². The van der Waals surface area contributed by atoms with E-state index in [-0.39, 0.29) is 5.91 Å². The summed E-state index contributed by atoms with van der Waals surface area (Å²) in [6, 6.07) is 12.4. The van der Waals surface area contributed by atoms with Crippen LogP contribution >= 0.6 is 0 Å². The normalized spacial score (nSPS) is 16.0. The average molecular weight is 323 g/mol. The standard InChI is InChI=1S/C20H25N3O/c1-21-11-9-19(17-21)16-20(24)23-14-12-22(13-15-23)10-5-8-18-6-3-2-4-7-18/h2-9,11,17H,10,12-16H2,1H3/b8-5+. The lowest BCUT2D eigenvalue weighted by Gasteiger charge is -2.34. The van der Waals surface area contributed by atoms with Crippen LogP contribution in [0.3, 0.4) is 0 Å². The summed E-state index contributed by atoms with van der Waals surface area (Å²) in [6.07, 6.45) is 8.88. The van der Waals surface area contributed by atoms with Gasteiger partial charge >= 0.3 is 0 Å². The fourth-order valence-corrected chi connectivity index (χ4v) is 3.03. The minimum Gasteiger partial charge on any atom is -0.357 e. The highest BCUT2D eigenvalue weighted by atomic mass is 16.2. The van der Waals surface area contributed by atoms with Crippen LogP contribution in [0.4, 0.5) is 0 Å². The lowest BCUT2D eigenvalue weighted by Crippen LogP contribution is -2.49. The Morgan fingerprint density at radius 2 is 1.83 bits per heavy atom. The number of amides is 1. The Hall–Kier alpha value is -2.33. The molecule has 1 aromatic heterocycles. The maximum atomic E-state index is 12.4. The Morgan fingerprint density at radius 1 is 1.08 bits per heavy atom. The quantitative estimate of drug-likeness (QED) is 0.845. The lowest BCUT2D eigenvalue weighted by atomic mass is 10.2. The monoisotopic (exact) mass is 323 g/mol. The molecule has 1 aliphatic heterocycles. The van der Waals surface area contributed by atoms with E-state index in [1.807, 2.05) is 41.0 Å². The SMILES string of the molecule is Cn1ccc(CC(=O)N2CCN(C/C=C/c3ccccc3)CC2)c1. The van der Waals surface area contributed by atoms with Gasteiger partial charge in [-0.1, -0.05) is 42.5 Å². The smallest absolute Gasteiger partial charge is 0.227 e. The lowest BCUT2D eigenvalue weighted by molar-refractivity contribution is -0.132. The van der Waals surface area contributed by atoms with Crippen LogP contribution in [0.2, 0.25) is 0 Å². The van der Waals surface area contributed by atoms with Crippen molar-refractivity contribution in [2.75, 3.05) is 32.7 Å². The fourth-order valence-electron chi connectivity index (χ4n) is 3.03. The predicted octanol–water partition coefficient (Wildman–Crippen LogP) is 2.43. The molecule has 126 valence electrons. The van der Waals surface area contributed by atoms with Gasteiger partial charge in [-0.15, -0.1) is 0 Å². The number of rotatable bonds is 5. The van der Waals surface area contributed by atoms with Crippen LogP contribution in [-0.2, 0) is 18.3 Å². The summed E-state index contributed by atoms with van der Waals surface area (Å²) < 4.78 is 1.99. The molecule has 0 unspecified atom stereocenters. The van der Waals surface area contributed by atoms with E-state index >= 15 is 0 Å². The molecular weight excluding hydrogens is 298 g/mol. The zero-order valence-electron chi connectivity index (χ0n) is 14.3. The Balaban J connectivity index is 1.42. The third kappa shape index (κ3) is 4.59. The molecule has 0 atom stereocenters. The van der Waals surface area contributed by atoms with E-state index in [0.29, 0.717) is 6.42 Å². The highest BCUT2D eigenvalue weighted by Gasteiger charge is 2.20. The molecule has 1 aliphatic rings. The molecule has 24 heavy (non-hydrogen) atoms. The van der Waals surface area contributed by atoms with Crippen molar-refractivity contribution in [1.29, 1.82) is 0 Å². The zero-order chi connectivity index (χ0) is 16.8. The maximum absolute atomic E-state index is 12.4. The summed E-state index contributed by atoms with van der Waals surface area (Å²) in [5.74, 6) is 0.237. The van der Waals surface area contributed by atoms with Gasteiger partial charge < -0.3 is 9.47 Å². The molecular formula is C20H25N3O. The third-order valence-electron chi connectivity index (χ3n) is 4.45. The summed E-state index contributed by atoms with van der Waals surface area (Å²) in [7, 11) is 1.98. The molecule has 3 rings (SSSR count). The molecule has 4 nitrogen and oxygen atoms in total. The topological polar surface area (TPSA) is 28.5 Å². The van der Waals surface area contributed by atoms with E-state index in [4.69, 9.17) is 0 Å². The molecule has 0 aliphatic carbocycles. The van der Waals surface area contributed by atoms with Crippen molar-refractivity contribution in [3.8, 4) is 0 Å². The van der Waals surface area contributed by atoms with Gasteiger partial charge in [-0.2, -0.15) is 0 Å². The first-order valence-corrected chi connectivity index (χ1v) is 8.53. The van der Waals surface area contributed by atoms with Gasteiger partial charge in [0.1, 0.15) is 0 Å². The van der Waals surface area contributed by atoms with E-state index in [1.54, 1.807) is 0 Å². The van der Waals surface area contributed by atoms with Crippen LogP contribution in [-0.4, -0.2) is 53.0 Å². The van der Waals surface area contributed by atoms with Gasteiger partial charge in [-0.3, -0.25) is 9.69 Å². The number of benzene rings is 1. The highest BCUT2D eigenvalue weighted by molar-refractivity contribution is 5.78. The summed E-state index contributed by atoms with van der Waals surface area (Å²) in [5, 5.41) is 0. The molecule has 0 saturated carbocycles. The number of carbonyl (C=O) groups is 1. The maximum Gasteiger partial charge on any atom is 0.227 e.